The van der Waals surface area contributed by atoms with E-state index < -0.39 is 0 Å². The van der Waals surface area contributed by atoms with Crippen LogP contribution < -0.4 is 0 Å². The van der Waals surface area contributed by atoms with Gasteiger partial charge in [-0.1, -0.05) is 13.8 Å². The Balaban J connectivity index is 3.51. The Morgan fingerprint density at radius 3 is 2.50 bits per heavy atom. The minimum absolute atomic E-state index is 0.0514. The molecular formula is C9H16O3. The zero-order valence-electron chi connectivity index (χ0n) is 7.87. The Labute approximate surface area is 73.1 Å². The highest BCUT2D eigenvalue weighted by Gasteiger charge is 2.08. The fraction of sp³-hybridized carbons (Fsp3) is 0.778. The molecule has 0 N–H and O–H groups in total. The fourth-order valence-electron chi connectivity index (χ4n) is 1.02. The van der Waals surface area contributed by atoms with Gasteiger partial charge in [-0.05, 0) is 12.3 Å². The maximum Gasteiger partial charge on any atom is 0.302 e. The van der Waals surface area contributed by atoms with Crippen molar-refractivity contribution in [2.45, 2.75) is 27.2 Å². The van der Waals surface area contributed by atoms with Gasteiger partial charge in [0, 0.05) is 12.8 Å². The third-order valence-corrected chi connectivity index (χ3v) is 1.58. The summed E-state index contributed by atoms with van der Waals surface area (Å²) in [5, 5.41) is 0. The topological polar surface area (TPSA) is 43.4 Å². The summed E-state index contributed by atoms with van der Waals surface area (Å²) in [5.74, 6) is 0.0465. The third kappa shape index (κ3) is 5.89. The normalized spacial score (nSPS) is 14.9. The first-order valence-corrected chi connectivity index (χ1v) is 4.15. The van der Waals surface area contributed by atoms with E-state index in [0.29, 0.717) is 6.61 Å². The molecule has 0 amide bonds. The molecule has 12 heavy (non-hydrogen) atoms. The van der Waals surface area contributed by atoms with Crippen molar-refractivity contribution in [1.29, 1.82) is 0 Å². The Bertz CT molecular complexity index is 154. The van der Waals surface area contributed by atoms with Crippen LogP contribution in [0.2, 0.25) is 0 Å². The van der Waals surface area contributed by atoms with Gasteiger partial charge in [0.25, 0.3) is 0 Å². The second kappa shape index (κ2) is 5.75. The van der Waals surface area contributed by atoms with Crippen LogP contribution >= 0.6 is 0 Å². The zero-order valence-corrected chi connectivity index (χ0v) is 7.87. The Morgan fingerprint density at radius 1 is 1.50 bits per heavy atom. The van der Waals surface area contributed by atoms with E-state index in [1.165, 1.54) is 6.92 Å². The van der Waals surface area contributed by atoms with E-state index in [4.69, 9.17) is 4.74 Å². The molecule has 0 saturated carbocycles. The van der Waals surface area contributed by atoms with E-state index in [0.717, 1.165) is 12.7 Å². The largest absolute Gasteiger partial charge is 0.466 e. The van der Waals surface area contributed by atoms with Gasteiger partial charge in [0.05, 0.1) is 6.61 Å². The molecule has 0 fully saturated rings. The number of carbonyl (C=O) groups excluding carboxylic acids is 2. The van der Waals surface area contributed by atoms with Crippen LogP contribution in [-0.2, 0) is 14.3 Å². The van der Waals surface area contributed by atoms with Crippen molar-refractivity contribution in [3.8, 4) is 0 Å². The maximum absolute atomic E-state index is 10.4. The lowest BCUT2D eigenvalue weighted by Gasteiger charge is -2.12. The summed E-state index contributed by atoms with van der Waals surface area (Å²) >= 11 is 0. The predicted molar refractivity (Wildman–Crippen MR) is 45.6 cm³/mol. The van der Waals surface area contributed by atoms with Crippen molar-refractivity contribution in [1.82, 2.24) is 0 Å². The first-order valence-electron chi connectivity index (χ1n) is 4.15. The van der Waals surface area contributed by atoms with Crippen molar-refractivity contribution in [3.63, 3.8) is 0 Å². The molecule has 0 spiro atoms. The van der Waals surface area contributed by atoms with Gasteiger partial charge < -0.3 is 9.53 Å². The smallest absolute Gasteiger partial charge is 0.302 e. The molecule has 0 bridgehead atoms. The van der Waals surface area contributed by atoms with Crippen LogP contribution in [0.4, 0.5) is 0 Å². The summed E-state index contributed by atoms with van der Waals surface area (Å²) in [6.45, 7) is 5.61. The molecule has 3 heteroatoms. The molecule has 0 aromatic carbocycles. The molecule has 0 rings (SSSR count). The van der Waals surface area contributed by atoms with E-state index >= 15 is 0 Å². The van der Waals surface area contributed by atoms with Gasteiger partial charge in [0.15, 0.2) is 0 Å². The monoisotopic (exact) mass is 172 g/mol. The SMILES string of the molecule is CC(=O)OC[C@@H](C)C[C@@H](C)C=O. The first-order chi connectivity index (χ1) is 5.56. The standard InChI is InChI=1S/C9H16O3/c1-7(5-10)4-8(2)6-12-9(3)11/h5,7-8H,4,6H2,1-3H3/t7-,8+/m1/s1. The molecule has 0 aliphatic heterocycles. The molecular weight excluding hydrogens is 156 g/mol. The average Bonchev–Trinajstić information content (AvgIpc) is 2.00. The molecule has 0 aliphatic rings. The molecule has 0 aliphatic carbocycles. The maximum atomic E-state index is 10.4. The second-order valence-electron chi connectivity index (χ2n) is 3.26. The van der Waals surface area contributed by atoms with Crippen LogP contribution in [0.15, 0.2) is 0 Å². The van der Waals surface area contributed by atoms with E-state index in [1.807, 2.05) is 13.8 Å². The highest BCUT2D eigenvalue weighted by Crippen LogP contribution is 2.09. The van der Waals surface area contributed by atoms with Crippen molar-refractivity contribution < 1.29 is 14.3 Å². The lowest BCUT2D eigenvalue weighted by atomic mass is 9.99. The zero-order chi connectivity index (χ0) is 9.56. The number of esters is 1. The van der Waals surface area contributed by atoms with E-state index in [2.05, 4.69) is 0 Å². The van der Waals surface area contributed by atoms with Crippen LogP contribution in [0.5, 0.6) is 0 Å². The van der Waals surface area contributed by atoms with Gasteiger partial charge in [-0.25, -0.2) is 0 Å². The number of carbonyl (C=O) groups is 2. The minimum atomic E-state index is -0.263. The Hall–Kier alpha value is -0.860. The van der Waals surface area contributed by atoms with Gasteiger partial charge in [0.2, 0.25) is 0 Å². The van der Waals surface area contributed by atoms with Crippen molar-refractivity contribution in [2.75, 3.05) is 6.61 Å². The summed E-state index contributed by atoms with van der Waals surface area (Å²) in [6, 6.07) is 0. The molecule has 0 unspecified atom stereocenters. The van der Waals surface area contributed by atoms with Crippen molar-refractivity contribution in [3.05, 3.63) is 0 Å². The Kier molecular flexibility index (Phi) is 5.34. The highest BCUT2D eigenvalue weighted by atomic mass is 16.5. The number of rotatable bonds is 5. The summed E-state index contributed by atoms with van der Waals surface area (Å²) in [6.07, 6.45) is 1.70. The Morgan fingerprint density at radius 2 is 2.08 bits per heavy atom. The van der Waals surface area contributed by atoms with Gasteiger partial charge in [0.1, 0.15) is 6.29 Å². The molecule has 0 aromatic rings. The van der Waals surface area contributed by atoms with Crippen LogP contribution in [0.3, 0.4) is 0 Å². The number of aldehydes is 1. The molecule has 3 nitrogen and oxygen atoms in total. The van der Waals surface area contributed by atoms with Gasteiger partial charge >= 0.3 is 5.97 Å². The molecule has 0 radical (unpaired) electrons. The first kappa shape index (κ1) is 11.1. The summed E-state index contributed by atoms with van der Waals surface area (Å²) in [4.78, 5) is 20.7. The van der Waals surface area contributed by atoms with E-state index in [9.17, 15) is 9.59 Å². The summed E-state index contributed by atoms with van der Waals surface area (Å²) < 4.78 is 4.79. The van der Waals surface area contributed by atoms with E-state index in [1.54, 1.807) is 0 Å². The minimum Gasteiger partial charge on any atom is -0.466 e. The lowest BCUT2D eigenvalue weighted by Crippen LogP contribution is -2.12. The summed E-state index contributed by atoms with van der Waals surface area (Å²) in [5.41, 5.74) is 0. The van der Waals surface area contributed by atoms with Crippen LogP contribution in [0.25, 0.3) is 0 Å². The van der Waals surface area contributed by atoms with Crippen molar-refractivity contribution >= 4 is 12.3 Å². The van der Waals surface area contributed by atoms with E-state index in [-0.39, 0.29) is 17.8 Å². The van der Waals surface area contributed by atoms with Crippen LogP contribution in [-0.4, -0.2) is 18.9 Å². The number of ether oxygens (including phenoxy) is 1. The highest BCUT2D eigenvalue weighted by molar-refractivity contribution is 5.65. The lowest BCUT2D eigenvalue weighted by molar-refractivity contribution is -0.142. The number of hydrogen-bond acceptors (Lipinski definition) is 3. The molecule has 2 atom stereocenters. The van der Waals surface area contributed by atoms with Crippen LogP contribution in [0.1, 0.15) is 27.2 Å². The third-order valence-electron chi connectivity index (χ3n) is 1.58. The average molecular weight is 172 g/mol. The number of hydrogen-bond donors (Lipinski definition) is 0. The van der Waals surface area contributed by atoms with Crippen molar-refractivity contribution in [2.24, 2.45) is 11.8 Å². The molecule has 70 valence electrons. The predicted octanol–water partition coefficient (Wildman–Crippen LogP) is 1.41. The van der Waals surface area contributed by atoms with Gasteiger partial charge in [-0.2, -0.15) is 0 Å². The molecule has 0 aromatic heterocycles. The quantitative estimate of drug-likeness (QED) is 0.465. The van der Waals surface area contributed by atoms with Gasteiger partial charge in [-0.15, -0.1) is 0 Å². The fourth-order valence-corrected chi connectivity index (χ4v) is 1.02. The summed E-state index contributed by atoms with van der Waals surface area (Å²) in [7, 11) is 0. The van der Waals surface area contributed by atoms with Gasteiger partial charge in [-0.3, -0.25) is 4.79 Å². The second-order valence-corrected chi connectivity index (χ2v) is 3.26. The molecule has 0 heterocycles. The molecule has 0 saturated heterocycles. The van der Waals surface area contributed by atoms with Crippen LogP contribution in [0, 0.1) is 11.8 Å².